The molecule has 0 unspecified atom stereocenters. The number of ether oxygens (including phenoxy) is 5. The van der Waals surface area contributed by atoms with Crippen molar-refractivity contribution < 1.29 is 33.3 Å². The Morgan fingerprint density at radius 2 is 1.21 bits per heavy atom. The van der Waals surface area contributed by atoms with Gasteiger partial charge in [0, 0.05) is 12.2 Å². The van der Waals surface area contributed by atoms with E-state index >= 15 is 0 Å². The van der Waals surface area contributed by atoms with Crippen LogP contribution in [0.3, 0.4) is 0 Å². The van der Waals surface area contributed by atoms with E-state index in [4.69, 9.17) is 23.7 Å². The van der Waals surface area contributed by atoms with E-state index < -0.39 is 30.4 Å². The Bertz CT molecular complexity index is 1220. The molecular weight excluding hydrogens is 604 g/mol. The van der Waals surface area contributed by atoms with E-state index in [0.717, 1.165) is 66.9 Å². The molecule has 1 aliphatic heterocycles. The standard InChI is InChI=1S/C41H58O7/c1-5-7-27-45-39(42)37-38(40(43)46-28-8-6-2)48-41(47-37)36-24-22-35(23-25-36)34-20-18-33(19-21-34)32-16-14-31(15-17-32)13-11-9-10-12-26-44-29-30(3)4/h18-25,31-32,37-38,41H,3,5-17,26-29H2,1-2,4H3/t31?,32?,37-,38-/m1/s1. The van der Waals surface area contributed by atoms with Crippen LogP contribution in [0.1, 0.15) is 128 Å². The van der Waals surface area contributed by atoms with Gasteiger partial charge in [-0.2, -0.15) is 0 Å². The number of rotatable bonds is 20. The highest BCUT2D eigenvalue weighted by atomic mass is 16.8. The molecule has 1 saturated carbocycles. The summed E-state index contributed by atoms with van der Waals surface area (Å²) in [5.74, 6) is 0.319. The smallest absolute Gasteiger partial charge is 0.338 e. The average Bonchev–Trinajstić information content (AvgIpc) is 3.56. The maximum absolute atomic E-state index is 12.8. The van der Waals surface area contributed by atoms with Gasteiger partial charge in [-0.3, -0.25) is 0 Å². The number of hydrogen-bond donors (Lipinski definition) is 0. The summed E-state index contributed by atoms with van der Waals surface area (Å²) in [4.78, 5) is 25.6. The third kappa shape index (κ3) is 11.9. The predicted octanol–water partition coefficient (Wildman–Crippen LogP) is 9.64. The Labute approximate surface area is 288 Å². The topological polar surface area (TPSA) is 80.3 Å². The van der Waals surface area contributed by atoms with Crippen molar-refractivity contribution in [2.45, 2.75) is 129 Å². The van der Waals surface area contributed by atoms with E-state index in [0.29, 0.717) is 12.5 Å². The first-order valence-corrected chi connectivity index (χ1v) is 18.5. The number of esters is 2. The van der Waals surface area contributed by atoms with Crippen LogP contribution < -0.4 is 0 Å². The van der Waals surface area contributed by atoms with Gasteiger partial charge in [0.05, 0.1) is 19.8 Å². The second-order valence-corrected chi connectivity index (χ2v) is 13.7. The van der Waals surface area contributed by atoms with Gasteiger partial charge in [-0.1, -0.05) is 113 Å². The molecule has 48 heavy (non-hydrogen) atoms. The first-order chi connectivity index (χ1) is 23.4. The zero-order chi connectivity index (χ0) is 34.1. The minimum atomic E-state index is -1.16. The normalized spacial score (nSPS) is 21.2. The Morgan fingerprint density at radius 3 is 1.73 bits per heavy atom. The molecule has 2 aromatic rings. The van der Waals surface area contributed by atoms with Crippen molar-refractivity contribution in [3.05, 3.63) is 71.8 Å². The fourth-order valence-electron chi connectivity index (χ4n) is 6.56. The first-order valence-electron chi connectivity index (χ1n) is 18.5. The molecule has 1 saturated heterocycles. The zero-order valence-electron chi connectivity index (χ0n) is 29.6. The largest absolute Gasteiger partial charge is 0.464 e. The molecule has 7 heteroatoms. The van der Waals surface area contributed by atoms with E-state index in [-0.39, 0.29) is 13.2 Å². The average molecular weight is 663 g/mol. The van der Waals surface area contributed by atoms with E-state index in [1.165, 1.54) is 56.9 Å². The molecule has 0 aromatic heterocycles. The van der Waals surface area contributed by atoms with Crippen molar-refractivity contribution in [2.24, 2.45) is 5.92 Å². The van der Waals surface area contributed by atoms with Crippen LogP contribution in [0.2, 0.25) is 0 Å². The van der Waals surface area contributed by atoms with Crippen molar-refractivity contribution in [2.75, 3.05) is 26.4 Å². The SMILES string of the molecule is C=C(C)COCCCCCCC1CCC(c2ccc(-c3ccc(C4O[C@@H](C(=O)OCCCC)[C@H](C(=O)OCCCC)O4)cc3)cc2)CC1. The van der Waals surface area contributed by atoms with Crippen LogP contribution in [0.25, 0.3) is 11.1 Å². The molecule has 2 fully saturated rings. The lowest BCUT2D eigenvalue weighted by atomic mass is 9.77. The Hall–Kier alpha value is -3.00. The second-order valence-electron chi connectivity index (χ2n) is 13.7. The van der Waals surface area contributed by atoms with E-state index in [1.807, 2.05) is 45.0 Å². The first kappa shape index (κ1) is 37.8. The molecule has 264 valence electrons. The van der Waals surface area contributed by atoms with Gasteiger partial charge in [-0.15, -0.1) is 0 Å². The van der Waals surface area contributed by atoms with E-state index in [1.54, 1.807) is 0 Å². The highest BCUT2D eigenvalue weighted by Crippen LogP contribution is 2.39. The molecule has 1 heterocycles. The van der Waals surface area contributed by atoms with Gasteiger partial charge in [0.25, 0.3) is 0 Å². The van der Waals surface area contributed by atoms with Gasteiger partial charge < -0.3 is 23.7 Å². The fraction of sp³-hybridized carbons (Fsp3) is 0.610. The van der Waals surface area contributed by atoms with Crippen LogP contribution in [-0.4, -0.2) is 50.6 Å². The quantitative estimate of drug-likeness (QED) is 0.0793. The van der Waals surface area contributed by atoms with Crippen molar-refractivity contribution in [3.63, 3.8) is 0 Å². The summed E-state index contributed by atoms with van der Waals surface area (Å²) >= 11 is 0. The Kier molecular flexibility index (Phi) is 16.1. The van der Waals surface area contributed by atoms with Crippen molar-refractivity contribution in [3.8, 4) is 11.1 Å². The van der Waals surface area contributed by atoms with Gasteiger partial charge in [0.1, 0.15) is 0 Å². The molecule has 2 aromatic carbocycles. The molecule has 4 rings (SSSR count). The molecule has 1 aliphatic carbocycles. The minimum absolute atomic E-state index is 0.278. The Balaban J connectivity index is 1.24. The number of unbranched alkanes of at least 4 members (excludes halogenated alkanes) is 5. The third-order valence-corrected chi connectivity index (χ3v) is 9.51. The molecule has 0 radical (unpaired) electrons. The lowest BCUT2D eigenvalue weighted by molar-refractivity contribution is -0.163. The summed E-state index contributed by atoms with van der Waals surface area (Å²) in [5, 5.41) is 0. The molecule has 2 atom stereocenters. The molecule has 0 amide bonds. The van der Waals surface area contributed by atoms with Crippen molar-refractivity contribution in [1.29, 1.82) is 0 Å². The van der Waals surface area contributed by atoms with Crippen LogP contribution >= 0.6 is 0 Å². The number of carbonyl (C=O) groups excluding carboxylic acids is 2. The minimum Gasteiger partial charge on any atom is -0.464 e. The van der Waals surface area contributed by atoms with Gasteiger partial charge in [-0.05, 0) is 80.4 Å². The summed E-state index contributed by atoms with van der Waals surface area (Å²) in [5.41, 5.74) is 5.49. The number of benzene rings is 2. The van der Waals surface area contributed by atoms with Gasteiger partial charge in [-0.25, -0.2) is 9.59 Å². The molecule has 0 N–H and O–H groups in total. The van der Waals surface area contributed by atoms with Gasteiger partial charge in [0.2, 0.25) is 0 Å². The zero-order valence-corrected chi connectivity index (χ0v) is 29.6. The van der Waals surface area contributed by atoms with E-state index in [9.17, 15) is 9.59 Å². The summed E-state index contributed by atoms with van der Waals surface area (Å²) in [6, 6.07) is 16.9. The second kappa shape index (κ2) is 20.5. The molecule has 0 bridgehead atoms. The summed E-state index contributed by atoms with van der Waals surface area (Å²) in [6.07, 6.45) is 11.7. The van der Waals surface area contributed by atoms with Crippen LogP contribution in [0.4, 0.5) is 0 Å². The highest BCUT2D eigenvalue weighted by molar-refractivity contribution is 5.86. The van der Waals surface area contributed by atoms with Crippen LogP contribution in [-0.2, 0) is 33.3 Å². The van der Waals surface area contributed by atoms with Crippen molar-refractivity contribution in [1.82, 2.24) is 0 Å². The maximum Gasteiger partial charge on any atom is 0.338 e. The van der Waals surface area contributed by atoms with Crippen LogP contribution in [0.15, 0.2) is 60.7 Å². The molecule has 0 spiro atoms. The molecular formula is C41H58O7. The molecule has 7 nitrogen and oxygen atoms in total. The summed E-state index contributed by atoms with van der Waals surface area (Å²) in [6.45, 7) is 12.0. The van der Waals surface area contributed by atoms with Gasteiger partial charge >= 0.3 is 11.9 Å². The van der Waals surface area contributed by atoms with Crippen LogP contribution in [0, 0.1) is 5.92 Å². The Morgan fingerprint density at radius 1 is 0.688 bits per heavy atom. The fourth-order valence-corrected chi connectivity index (χ4v) is 6.56. The van der Waals surface area contributed by atoms with Crippen molar-refractivity contribution >= 4 is 11.9 Å². The molecule has 2 aliphatic rings. The predicted molar refractivity (Wildman–Crippen MR) is 190 cm³/mol. The van der Waals surface area contributed by atoms with Crippen LogP contribution in [0.5, 0.6) is 0 Å². The van der Waals surface area contributed by atoms with Gasteiger partial charge in [0.15, 0.2) is 18.5 Å². The number of hydrogen-bond acceptors (Lipinski definition) is 7. The summed E-state index contributed by atoms with van der Waals surface area (Å²) < 4.78 is 28.3. The highest BCUT2D eigenvalue weighted by Gasteiger charge is 2.47. The monoisotopic (exact) mass is 662 g/mol. The lowest BCUT2D eigenvalue weighted by Crippen LogP contribution is -2.39. The maximum atomic E-state index is 12.8. The number of carbonyl (C=O) groups is 2. The summed E-state index contributed by atoms with van der Waals surface area (Å²) in [7, 11) is 0. The lowest BCUT2D eigenvalue weighted by Gasteiger charge is -2.29. The van der Waals surface area contributed by atoms with E-state index in [2.05, 4.69) is 30.8 Å². The third-order valence-electron chi connectivity index (χ3n) is 9.51.